The van der Waals surface area contributed by atoms with Gasteiger partial charge in [-0.15, -0.1) is 22.7 Å². The minimum atomic E-state index is -4.89. The lowest BCUT2D eigenvalue weighted by molar-refractivity contribution is -0.938. The molecule has 0 amide bonds. The Balaban J connectivity index is 0.000000418. The van der Waals surface area contributed by atoms with Crippen molar-refractivity contribution in [1.29, 1.82) is 0 Å². The first-order valence-electron chi connectivity index (χ1n) is 9.69. The van der Waals surface area contributed by atoms with Crippen molar-refractivity contribution in [2.75, 3.05) is 14.1 Å². The van der Waals surface area contributed by atoms with Gasteiger partial charge in [0.05, 0.1) is 23.8 Å². The third-order valence-electron chi connectivity index (χ3n) is 6.36. The van der Waals surface area contributed by atoms with Gasteiger partial charge in [-0.25, -0.2) is 4.79 Å². The Morgan fingerprint density at radius 1 is 1.16 bits per heavy atom. The molecule has 3 saturated heterocycles. The first kappa shape index (κ1) is 23.0. The average molecular weight is 490 g/mol. The molecule has 3 aliphatic rings. The minimum absolute atomic E-state index is 0.161. The lowest BCUT2D eigenvalue weighted by Gasteiger charge is -2.45. The van der Waals surface area contributed by atoms with E-state index in [1.165, 1.54) is 22.7 Å². The molecule has 12 heteroatoms. The van der Waals surface area contributed by atoms with E-state index in [-0.39, 0.29) is 6.10 Å². The van der Waals surface area contributed by atoms with Gasteiger partial charge in [-0.2, -0.15) is 0 Å². The lowest BCUT2D eigenvalue weighted by Crippen LogP contribution is -2.60. The smallest absolute Gasteiger partial charge is 0.349 e. The van der Waals surface area contributed by atoms with E-state index in [4.69, 9.17) is 28.7 Å². The van der Waals surface area contributed by atoms with E-state index in [2.05, 4.69) is 14.1 Å². The number of phosphoric acid groups is 1. The molecule has 4 atom stereocenters. The summed E-state index contributed by atoms with van der Waals surface area (Å²) in [6, 6.07) is 8.01. The molecule has 0 spiro atoms. The van der Waals surface area contributed by atoms with Crippen LogP contribution in [0.25, 0.3) is 0 Å². The molecule has 170 valence electrons. The van der Waals surface area contributed by atoms with Crippen LogP contribution in [0.15, 0.2) is 35.0 Å². The molecule has 0 radical (unpaired) electrons. The van der Waals surface area contributed by atoms with Gasteiger partial charge in [-0.1, -0.05) is 12.1 Å². The molecular formula is C19H24NO8PS2. The zero-order valence-corrected chi connectivity index (χ0v) is 19.4. The molecule has 2 bridgehead atoms. The number of quaternary nitrogens is 1. The fourth-order valence-electron chi connectivity index (χ4n) is 4.83. The molecule has 9 nitrogen and oxygen atoms in total. The van der Waals surface area contributed by atoms with Crippen LogP contribution in [-0.4, -0.2) is 69.8 Å². The number of fused-ring (bicyclic) bond motifs is 5. The maximum Gasteiger partial charge on any atom is 0.349 e. The van der Waals surface area contributed by atoms with Crippen molar-refractivity contribution < 1.29 is 43.1 Å². The zero-order chi connectivity index (χ0) is 22.6. The predicted molar refractivity (Wildman–Crippen MR) is 111 cm³/mol. The normalized spacial score (nSPS) is 30.7. The largest absolute Gasteiger partial charge is 0.756 e. The van der Waals surface area contributed by atoms with Crippen LogP contribution in [0.5, 0.6) is 0 Å². The Morgan fingerprint density at radius 3 is 2.00 bits per heavy atom. The standard InChI is InChI=1S/C19H22NO4S2.H3O4P/c1-20(2)12-9-11(10-13(20)17-16(12)24-17)23-18(21)19(22,14-5-3-7-25-14)15-6-4-8-26-15;1-5(2,3)4/h3-8,11-13,16-17,22H,9-10H2,1-2H3;(H3,1,2,3,4)/q+1;/p-1. The van der Waals surface area contributed by atoms with Gasteiger partial charge in [0, 0.05) is 12.8 Å². The van der Waals surface area contributed by atoms with E-state index in [1.54, 1.807) is 12.1 Å². The van der Waals surface area contributed by atoms with Crippen LogP contribution < -0.4 is 4.89 Å². The summed E-state index contributed by atoms with van der Waals surface area (Å²) in [6.45, 7) is 0. The molecule has 5 heterocycles. The fraction of sp³-hybridized carbons (Fsp3) is 0.526. The molecule has 0 aromatic carbocycles. The Bertz CT molecular complexity index is 911. The monoisotopic (exact) mass is 489 g/mol. The molecule has 0 aliphatic carbocycles. The number of epoxide rings is 1. The predicted octanol–water partition coefficient (Wildman–Crippen LogP) is 0.785. The van der Waals surface area contributed by atoms with E-state index in [0.29, 0.717) is 34.0 Å². The van der Waals surface area contributed by atoms with Crippen molar-refractivity contribution in [1.82, 2.24) is 0 Å². The number of rotatable bonds is 4. The Kier molecular flexibility index (Phi) is 5.96. The molecule has 2 aromatic rings. The number of morpholine rings is 1. The number of aliphatic hydroxyl groups is 1. The van der Waals surface area contributed by atoms with Crippen LogP contribution in [-0.2, 0) is 24.4 Å². The summed E-state index contributed by atoms with van der Waals surface area (Å²) >= 11 is 2.74. The number of nitrogens with zero attached hydrogens (tertiary/aromatic N) is 1. The number of carbonyl (C=O) groups excluding carboxylic acids is 1. The number of piperidine rings is 1. The van der Waals surface area contributed by atoms with Crippen molar-refractivity contribution in [3.8, 4) is 0 Å². The first-order chi connectivity index (χ1) is 14.4. The second-order valence-corrected chi connectivity index (χ2v) is 11.4. The van der Waals surface area contributed by atoms with Crippen LogP contribution >= 0.6 is 30.5 Å². The summed E-state index contributed by atoms with van der Waals surface area (Å²) in [7, 11) is -0.396. The number of esters is 1. The molecule has 3 fully saturated rings. The quantitative estimate of drug-likeness (QED) is 0.248. The van der Waals surface area contributed by atoms with Crippen LogP contribution in [0.3, 0.4) is 0 Å². The third kappa shape index (κ3) is 4.39. The van der Waals surface area contributed by atoms with Crippen molar-refractivity contribution in [3.05, 3.63) is 44.8 Å². The van der Waals surface area contributed by atoms with E-state index < -0.39 is 19.4 Å². The summed E-state index contributed by atoms with van der Waals surface area (Å²) in [5.74, 6) is -0.561. The van der Waals surface area contributed by atoms with Crippen molar-refractivity contribution in [2.24, 2.45) is 0 Å². The highest BCUT2D eigenvalue weighted by molar-refractivity contribution is 7.43. The molecule has 0 saturated carbocycles. The van der Waals surface area contributed by atoms with Crippen molar-refractivity contribution in [3.63, 3.8) is 0 Å². The topological polar surface area (TPSA) is 140 Å². The molecule has 4 unspecified atom stereocenters. The number of likely N-dealkylation sites (N-methyl/N-ethyl adjacent to an activating group) is 1. The van der Waals surface area contributed by atoms with Gasteiger partial charge in [-0.05, 0) is 22.9 Å². The summed E-state index contributed by atoms with van der Waals surface area (Å²) < 4.78 is 21.4. The van der Waals surface area contributed by atoms with Gasteiger partial charge in [-0.3, -0.25) is 4.57 Å². The van der Waals surface area contributed by atoms with Crippen LogP contribution in [0.2, 0.25) is 0 Å². The Labute approximate surface area is 187 Å². The highest BCUT2D eigenvalue weighted by Gasteiger charge is 2.71. The van der Waals surface area contributed by atoms with Gasteiger partial charge >= 0.3 is 5.97 Å². The van der Waals surface area contributed by atoms with E-state index >= 15 is 0 Å². The number of hydrogen-bond acceptors (Lipinski definition) is 8. The summed E-state index contributed by atoms with van der Waals surface area (Å²) in [5, 5.41) is 15.1. The van der Waals surface area contributed by atoms with Gasteiger partial charge < -0.3 is 33.7 Å². The van der Waals surface area contributed by atoms with Gasteiger partial charge in [0.25, 0.3) is 7.82 Å². The first-order valence-corrected chi connectivity index (χ1v) is 13.0. The number of carbonyl (C=O) groups is 1. The molecule has 5 rings (SSSR count). The summed E-state index contributed by atoms with van der Waals surface area (Å²) in [4.78, 5) is 37.3. The van der Waals surface area contributed by atoms with E-state index in [0.717, 1.165) is 17.3 Å². The molecular weight excluding hydrogens is 465 g/mol. The number of hydrogen-bond donors (Lipinski definition) is 3. The fourth-order valence-corrected chi connectivity index (χ4v) is 6.54. The zero-order valence-electron chi connectivity index (χ0n) is 16.9. The Hall–Kier alpha value is -1.14. The van der Waals surface area contributed by atoms with Crippen LogP contribution in [0, 0.1) is 0 Å². The number of ether oxygens (including phenoxy) is 2. The van der Waals surface area contributed by atoms with Crippen LogP contribution in [0.4, 0.5) is 0 Å². The average Bonchev–Trinajstić information content (AvgIpc) is 3.01. The Morgan fingerprint density at radius 2 is 1.61 bits per heavy atom. The van der Waals surface area contributed by atoms with Crippen LogP contribution in [0.1, 0.15) is 22.6 Å². The second-order valence-electron chi connectivity index (χ2n) is 8.48. The lowest BCUT2D eigenvalue weighted by atomic mass is 9.95. The van der Waals surface area contributed by atoms with Gasteiger partial charge in [0.15, 0.2) is 0 Å². The summed E-state index contributed by atoms with van der Waals surface area (Å²) in [6.07, 6.45) is 2.05. The second kappa shape index (κ2) is 8.02. The SMILES string of the molecule is C[N+]1(C)C2CC(OC(=O)C(O)(c3cccs3)c3cccs3)CC1C1OC12.O=P([O-])(O)O. The number of thiophene rings is 2. The summed E-state index contributed by atoms with van der Waals surface area (Å²) in [5.41, 5.74) is -1.72. The van der Waals surface area contributed by atoms with Gasteiger partial charge in [0.2, 0.25) is 5.60 Å². The molecule has 3 aliphatic heterocycles. The van der Waals surface area contributed by atoms with Gasteiger partial charge in [0.1, 0.15) is 30.4 Å². The van der Waals surface area contributed by atoms with E-state index in [1.807, 2.05) is 22.9 Å². The highest BCUT2D eigenvalue weighted by Crippen LogP contribution is 2.52. The third-order valence-corrected chi connectivity index (χ3v) is 8.32. The van der Waals surface area contributed by atoms with E-state index in [9.17, 15) is 9.90 Å². The maximum atomic E-state index is 13.1. The molecule has 3 N–H and O–H groups in total. The van der Waals surface area contributed by atoms with Crippen molar-refractivity contribution >= 4 is 36.5 Å². The highest BCUT2D eigenvalue weighted by atomic mass is 32.1. The molecule has 2 aromatic heterocycles. The minimum Gasteiger partial charge on any atom is -0.756 e. The molecule has 31 heavy (non-hydrogen) atoms. The van der Waals surface area contributed by atoms with Crippen molar-refractivity contribution in [2.45, 2.75) is 48.8 Å². The maximum absolute atomic E-state index is 13.1.